The lowest BCUT2D eigenvalue weighted by Crippen LogP contribution is -2.31. The van der Waals surface area contributed by atoms with Gasteiger partial charge in [0.15, 0.2) is 5.13 Å². The normalized spacial score (nSPS) is 17.7. The summed E-state index contributed by atoms with van der Waals surface area (Å²) in [5.74, 6) is -0.0112. The third-order valence-electron chi connectivity index (χ3n) is 3.60. The van der Waals surface area contributed by atoms with Crippen LogP contribution in [0, 0.1) is 0 Å². The summed E-state index contributed by atoms with van der Waals surface area (Å²) in [7, 11) is -3.78. The predicted octanol–water partition coefficient (Wildman–Crippen LogP) is 1.27. The Bertz CT molecular complexity index is 897. The molecule has 2 aromatic rings. The topological polar surface area (TPSA) is 122 Å². The maximum Gasteiger partial charge on any atom is 0.263 e. The number of sulfonamides is 1. The smallest absolute Gasteiger partial charge is 0.263 e. The number of hydrogen-bond donors (Lipinski definition) is 2. The summed E-state index contributed by atoms with van der Waals surface area (Å²) in [5, 5.41) is 1.48. The number of imide groups is 1. The number of nitrogens with two attached hydrogens (primary N) is 1. The van der Waals surface area contributed by atoms with Crippen molar-refractivity contribution in [1.29, 1.82) is 0 Å². The minimum absolute atomic E-state index is 0.0181. The largest absolute Gasteiger partial charge is 0.330 e. The third kappa shape index (κ3) is 3.90. The predicted molar refractivity (Wildman–Crippen MR) is 102 cm³/mol. The molecule has 8 nitrogen and oxygen atoms in total. The molecule has 138 valence electrons. The first-order valence-corrected chi connectivity index (χ1v) is 11.0. The van der Waals surface area contributed by atoms with Crippen molar-refractivity contribution >= 4 is 55.8 Å². The second-order valence-corrected chi connectivity index (χ2v) is 9.24. The summed E-state index contributed by atoms with van der Waals surface area (Å²) in [4.78, 5) is 29.6. The fourth-order valence-electron chi connectivity index (χ4n) is 2.44. The van der Waals surface area contributed by atoms with Gasteiger partial charge in [0.05, 0.1) is 15.8 Å². The molecule has 26 heavy (non-hydrogen) atoms. The van der Waals surface area contributed by atoms with E-state index in [1.807, 2.05) is 0 Å². The monoisotopic (exact) mass is 412 g/mol. The van der Waals surface area contributed by atoms with E-state index in [1.165, 1.54) is 53.6 Å². The molecule has 1 aliphatic heterocycles. The first-order chi connectivity index (χ1) is 12.4. The van der Waals surface area contributed by atoms with E-state index in [-0.39, 0.29) is 28.3 Å². The second kappa shape index (κ2) is 7.74. The number of aromatic nitrogens is 1. The number of hydrogen-bond acceptors (Lipinski definition) is 8. The molecule has 2 heterocycles. The molecule has 0 spiro atoms. The Labute approximate surface area is 158 Å². The standard InChI is InChI=1S/C15H16N4O4S3/c16-5-7-24-12-9-13(20)19(14(12)21)10-1-3-11(4-2-10)26(22,23)18-15-17-6-8-25-15/h1-4,6,8,12H,5,7,9,16H2,(H,17,18). The van der Waals surface area contributed by atoms with E-state index in [4.69, 9.17) is 5.73 Å². The van der Waals surface area contributed by atoms with Crippen LogP contribution in [0.15, 0.2) is 40.7 Å². The van der Waals surface area contributed by atoms with Crippen LogP contribution in [0.3, 0.4) is 0 Å². The van der Waals surface area contributed by atoms with Crippen molar-refractivity contribution in [2.24, 2.45) is 5.73 Å². The van der Waals surface area contributed by atoms with Gasteiger partial charge >= 0.3 is 0 Å². The van der Waals surface area contributed by atoms with Gasteiger partial charge in [0.2, 0.25) is 11.8 Å². The van der Waals surface area contributed by atoms with Gasteiger partial charge < -0.3 is 5.73 Å². The number of benzene rings is 1. The summed E-state index contributed by atoms with van der Waals surface area (Å²) < 4.78 is 27.0. The number of nitrogens with zero attached hydrogens (tertiary/aromatic N) is 2. The Morgan fingerprint density at radius 1 is 1.31 bits per heavy atom. The molecule has 3 rings (SSSR count). The van der Waals surface area contributed by atoms with E-state index < -0.39 is 15.3 Å². The van der Waals surface area contributed by atoms with E-state index >= 15 is 0 Å². The van der Waals surface area contributed by atoms with Crippen LogP contribution in [-0.2, 0) is 19.6 Å². The quantitative estimate of drug-likeness (QED) is 0.657. The summed E-state index contributed by atoms with van der Waals surface area (Å²) in [6.07, 6.45) is 1.62. The molecule has 1 fully saturated rings. The third-order valence-corrected chi connectivity index (χ3v) is 7.02. The number of anilines is 2. The average molecular weight is 413 g/mol. The zero-order valence-corrected chi connectivity index (χ0v) is 15.9. The van der Waals surface area contributed by atoms with Crippen LogP contribution in [0.25, 0.3) is 0 Å². The van der Waals surface area contributed by atoms with Crippen LogP contribution < -0.4 is 15.4 Å². The Hall–Kier alpha value is -1.95. The van der Waals surface area contributed by atoms with E-state index in [0.717, 1.165) is 4.90 Å². The first-order valence-electron chi connectivity index (χ1n) is 7.63. The molecule has 1 unspecified atom stereocenters. The molecule has 11 heteroatoms. The van der Waals surface area contributed by atoms with Crippen molar-refractivity contribution in [2.45, 2.75) is 16.6 Å². The van der Waals surface area contributed by atoms with E-state index in [2.05, 4.69) is 9.71 Å². The molecular weight excluding hydrogens is 396 g/mol. The summed E-state index contributed by atoms with van der Waals surface area (Å²) in [6, 6.07) is 5.60. The zero-order valence-electron chi connectivity index (χ0n) is 13.5. The van der Waals surface area contributed by atoms with Gasteiger partial charge in [-0.25, -0.2) is 18.3 Å². The molecule has 0 aliphatic carbocycles. The number of nitrogens with one attached hydrogen (secondary N) is 1. The molecule has 3 N–H and O–H groups in total. The lowest BCUT2D eigenvalue weighted by atomic mass is 10.3. The van der Waals surface area contributed by atoms with Crippen molar-refractivity contribution in [3.05, 3.63) is 35.8 Å². The van der Waals surface area contributed by atoms with E-state index in [1.54, 1.807) is 5.38 Å². The SMILES string of the molecule is NCCSC1CC(=O)N(c2ccc(S(=O)(=O)Nc3nccs3)cc2)C1=O. The summed E-state index contributed by atoms with van der Waals surface area (Å²) >= 11 is 2.52. The zero-order chi connectivity index (χ0) is 18.7. The number of thioether (sulfide) groups is 1. The molecular formula is C15H16N4O4S3. The minimum Gasteiger partial charge on any atom is -0.330 e. The van der Waals surface area contributed by atoms with Gasteiger partial charge in [-0.05, 0) is 24.3 Å². The highest BCUT2D eigenvalue weighted by Crippen LogP contribution is 2.30. The maximum atomic E-state index is 12.4. The first kappa shape index (κ1) is 18.8. The molecule has 1 aromatic heterocycles. The molecule has 1 aromatic carbocycles. The van der Waals surface area contributed by atoms with Gasteiger partial charge in [0, 0.05) is 30.3 Å². The summed E-state index contributed by atoms with van der Waals surface area (Å²) in [6.45, 7) is 0.432. The van der Waals surface area contributed by atoms with Crippen molar-refractivity contribution in [3.63, 3.8) is 0 Å². The summed E-state index contributed by atoms with van der Waals surface area (Å²) in [5.41, 5.74) is 5.79. The Morgan fingerprint density at radius 3 is 2.65 bits per heavy atom. The van der Waals surface area contributed by atoms with Crippen molar-refractivity contribution < 1.29 is 18.0 Å². The number of carbonyl (C=O) groups excluding carboxylic acids is 2. The fourth-order valence-corrected chi connectivity index (χ4v) is 5.16. The maximum absolute atomic E-state index is 12.4. The molecule has 1 atom stereocenters. The Balaban J connectivity index is 1.77. The number of carbonyl (C=O) groups is 2. The highest BCUT2D eigenvalue weighted by atomic mass is 32.2. The van der Waals surface area contributed by atoms with Gasteiger partial charge in [-0.1, -0.05) is 0 Å². The van der Waals surface area contributed by atoms with Gasteiger partial charge in [0.25, 0.3) is 10.0 Å². The lowest BCUT2D eigenvalue weighted by Gasteiger charge is -2.15. The Morgan fingerprint density at radius 2 is 2.04 bits per heavy atom. The van der Waals surface area contributed by atoms with Crippen molar-refractivity contribution in [2.75, 3.05) is 21.9 Å². The number of thiazole rings is 1. The molecule has 0 saturated carbocycles. The molecule has 0 radical (unpaired) electrons. The van der Waals surface area contributed by atoms with Crippen LogP contribution in [0.1, 0.15) is 6.42 Å². The molecule has 1 saturated heterocycles. The van der Waals surface area contributed by atoms with Crippen molar-refractivity contribution in [1.82, 2.24) is 4.98 Å². The van der Waals surface area contributed by atoms with Crippen molar-refractivity contribution in [3.8, 4) is 0 Å². The van der Waals surface area contributed by atoms with Crippen LogP contribution in [0.5, 0.6) is 0 Å². The second-order valence-electron chi connectivity index (χ2n) is 5.36. The Kier molecular flexibility index (Phi) is 5.61. The van der Waals surface area contributed by atoms with E-state index in [9.17, 15) is 18.0 Å². The van der Waals surface area contributed by atoms with Gasteiger partial charge in [-0.2, -0.15) is 0 Å². The van der Waals surface area contributed by atoms with Crippen LogP contribution in [0.4, 0.5) is 10.8 Å². The van der Waals surface area contributed by atoms with Crippen LogP contribution >= 0.6 is 23.1 Å². The molecule has 1 aliphatic rings. The minimum atomic E-state index is -3.78. The fraction of sp³-hybridized carbons (Fsp3) is 0.267. The van der Waals surface area contributed by atoms with Gasteiger partial charge in [0.1, 0.15) is 0 Å². The lowest BCUT2D eigenvalue weighted by molar-refractivity contribution is -0.121. The molecule has 0 bridgehead atoms. The van der Waals surface area contributed by atoms with Gasteiger partial charge in [-0.3, -0.25) is 14.3 Å². The molecule has 2 amide bonds. The number of rotatable bonds is 7. The van der Waals surface area contributed by atoms with E-state index in [0.29, 0.717) is 18.0 Å². The van der Waals surface area contributed by atoms with Crippen LogP contribution in [-0.4, -0.2) is 42.8 Å². The van der Waals surface area contributed by atoms with Crippen LogP contribution in [0.2, 0.25) is 0 Å². The van der Waals surface area contributed by atoms with Gasteiger partial charge in [-0.15, -0.1) is 23.1 Å². The highest BCUT2D eigenvalue weighted by Gasteiger charge is 2.39. The highest BCUT2D eigenvalue weighted by molar-refractivity contribution is 8.00. The number of amides is 2. The average Bonchev–Trinajstić information content (AvgIpc) is 3.20.